The Hall–Kier alpha value is -1.85. The van der Waals surface area contributed by atoms with E-state index in [-0.39, 0.29) is 23.7 Å². The van der Waals surface area contributed by atoms with E-state index in [1.165, 1.54) is 0 Å². The van der Waals surface area contributed by atoms with E-state index in [4.69, 9.17) is 4.74 Å². The molecule has 22 heavy (non-hydrogen) atoms. The zero-order valence-corrected chi connectivity index (χ0v) is 13.3. The molecule has 0 radical (unpaired) electrons. The normalized spacial score (nSPS) is 12.8. The maximum atomic E-state index is 12.1. The molecule has 2 aromatic rings. The van der Waals surface area contributed by atoms with Crippen molar-refractivity contribution >= 4 is 9.84 Å². The summed E-state index contributed by atoms with van der Waals surface area (Å²) in [5.74, 6) is 0.569. The Labute approximate surface area is 131 Å². The number of aliphatic hydroxyl groups is 1. The van der Waals surface area contributed by atoms with Gasteiger partial charge in [0.1, 0.15) is 12.4 Å². The van der Waals surface area contributed by atoms with Gasteiger partial charge in [-0.2, -0.15) is 0 Å². The minimum Gasteiger partial charge on any atom is -0.491 e. The Morgan fingerprint density at radius 3 is 2.50 bits per heavy atom. The molecule has 2 aromatic carbocycles. The van der Waals surface area contributed by atoms with Crippen LogP contribution < -0.4 is 4.74 Å². The molecule has 0 saturated heterocycles. The minimum absolute atomic E-state index is 0.0771. The van der Waals surface area contributed by atoms with Gasteiger partial charge in [-0.05, 0) is 43.2 Å². The molecule has 4 nitrogen and oxygen atoms in total. The molecule has 1 N–H and O–H groups in total. The van der Waals surface area contributed by atoms with Gasteiger partial charge in [-0.15, -0.1) is 0 Å². The van der Waals surface area contributed by atoms with Crippen LogP contribution in [0.15, 0.2) is 59.5 Å². The van der Waals surface area contributed by atoms with Gasteiger partial charge in [0.15, 0.2) is 9.84 Å². The monoisotopic (exact) mass is 320 g/mol. The topological polar surface area (TPSA) is 63.6 Å². The van der Waals surface area contributed by atoms with Gasteiger partial charge in [0.2, 0.25) is 0 Å². The Bertz CT molecular complexity index is 696. The van der Waals surface area contributed by atoms with Crippen LogP contribution in [0.25, 0.3) is 0 Å². The number of hydrogen-bond acceptors (Lipinski definition) is 4. The third-order valence-electron chi connectivity index (χ3n) is 3.25. The second-order valence-corrected chi connectivity index (χ2v) is 7.31. The number of aryl methyl sites for hydroxylation is 1. The molecule has 5 heteroatoms. The lowest BCUT2D eigenvalue weighted by Gasteiger charge is -2.13. The summed E-state index contributed by atoms with van der Waals surface area (Å²) in [5, 5.41) is 9.90. The molecule has 0 bridgehead atoms. The number of ether oxygens (including phenoxy) is 1. The SMILES string of the molecule is Cc1cccc(OCC(O)CCS(=O)(=O)c2ccccc2)c1. The zero-order valence-electron chi connectivity index (χ0n) is 12.5. The number of sulfone groups is 1. The Morgan fingerprint density at radius 1 is 1.09 bits per heavy atom. The van der Waals surface area contributed by atoms with Crippen molar-refractivity contribution in [3.05, 3.63) is 60.2 Å². The molecule has 118 valence electrons. The molecule has 0 aromatic heterocycles. The number of benzene rings is 2. The number of hydrogen-bond donors (Lipinski definition) is 1. The van der Waals surface area contributed by atoms with Gasteiger partial charge in [0.25, 0.3) is 0 Å². The summed E-state index contributed by atoms with van der Waals surface area (Å²) in [6.45, 7) is 2.03. The van der Waals surface area contributed by atoms with E-state index in [0.717, 1.165) is 5.56 Å². The average Bonchev–Trinajstić information content (AvgIpc) is 2.52. The molecule has 0 aliphatic rings. The van der Waals surface area contributed by atoms with E-state index < -0.39 is 15.9 Å². The van der Waals surface area contributed by atoms with Crippen molar-refractivity contribution in [2.24, 2.45) is 0 Å². The Morgan fingerprint density at radius 2 is 1.82 bits per heavy atom. The van der Waals surface area contributed by atoms with Crippen LogP contribution in [-0.4, -0.2) is 32.0 Å². The number of rotatable bonds is 7. The van der Waals surface area contributed by atoms with E-state index in [1.807, 2.05) is 25.1 Å². The highest BCUT2D eigenvalue weighted by molar-refractivity contribution is 7.91. The summed E-state index contributed by atoms with van der Waals surface area (Å²) < 4.78 is 29.7. The second-order valence-electron chi connectivity index (χ2n) is 5.20. The molecule has 0 heterocycles. The van der Waals surface area contributed by atoms with Crippen LogP contribution in [0.4, 0.5) is 0 Å². The largest absolute Gasteiger partial charge is 0.491 e. The van der Waals surface area contributed by atoms with Gasteiger partial charge in [-0.25, -0.2) is 8.42 Å². The Kier molecular flexibility index (Phi) is 5.57. The lowest BCUT2D eigenvalue weighted by Crippen LogP contribution is -2.21. The van der Waals surface area contributed by atoms with Crippen molar-refractivity contribution in [3.63, 3.8) is 0 Å². The van der Waals surface area contributed by atoms with E-state index in [9.17, 15) is 13.5 Å². The molecule has 1 unspecified atom stereocenters. The smallest absolute Gasteiger partial charge is 0.178 e. The standard InChI is InChI=1S/C17H20O4S/c1-14-6-5-7-16(12-14)21-13-15(18)10-11-22(19,20)17-8-3-2-4-9-17/h2-9,12,15,18H,10-11,13H2,1H3. The van der Waals surface area contributed by atoms with Crippen molar-refractivity contribution in [3.8, 4) is 5.75 Å². The summed E-state index contributed by atoms with van der Waals surface area (Å²) in [7, 11) is -3.36. The molecule has 0 amide bonds. The van der Waals surface area contributed by atoms with Crippen LogP contribution in [0.3, 0.4) is 0 Å². The first kappa shape index (κ1) is 16.5. The molecule has 2 rings (SSSR count). The summed E-state index contributed by atoms with van der Waals surface area (Å²) in [6.07, 6.45) is -0.678. The van der Waals surface area contributed by atoms with Crippen LogP contribution in [-0.2, 0) is 9.84 Å². The highest BCUT2D eigenvalue weighted by Gasteiger charge is 2.16. The molecular formula is C17H20O4S. The van der Waals surface area contributed by atoms with E-state index >= 15 is 0 Å². The first-order valence-corrected chi connectivity index (χ1v) is 8.78. The quantitative estimate of drug-likeness (QED) is 0.852. The summed E-state index contributed by atoms with van der Waals surface area (Å²) in [6, 6.07) is 15.8. The summed E-state index contributed by atoms with van der Waals surface area (Å²) >= 11 is 0. The van der Waals surface area contributed by atoms with Crippen molar-refractivity contribution in [1.82, 2.24) is 0 Å². The molecular weight excluding hydrogens is 300 g/mol. The average molecular weight is 320 g/mol. The Balaban J connectivity index is 1.84. The highest BCUT2D eigenvalue weighted by Crippen LogP contribution is 2.14. The van der Waals surface area contributed by atoms with E-state index in [2.05, 4.69) is 0 Å². The van der Waals surface area contributed by atoms with Crippen molar-refractivity contribution < 1.29 is 18.3 Å². The van der Waals surface area contributed by atoms with Gasteiger partial charge < -0.3 is 9.84 Å². The summed E-state index contributed by atoms with van der Waals surface area (Å²) in [4.78, 5) is 0.279. The van der Waals surface area contributed by atoms with Crippen LogP contribution in [0.5, 0.6) is 5.75 Å². The lowest BCUT2D eigenvalue weighted by atomic mass is 10.2. The number of aliphatic hydroxyl groups excluding tert-OH is 1. The predicted octanol–water partition coefficient (Wildman–Crippen LogP) is 2.60. The van der Waals surface area contributed by atoms with Gasteiger partial charge in [0, 0.05) is 0 Å². The zero-order chi connectivity index (χ0) is 16.0. The highest BCUT2D eigenvalue weighted by atomic mass is 32.2. The van der Waals surface area contributed by atoms with Gasteiger partial charge in [-0.3, -0.25) is 0 Å². The lowest BCUT2D eigenvalue weighted by molar-refractivity contribution is 0.105. The van der Waals surface area contributed by atoms with E-state index in [0.29, 0.717) is 5.75 Å². The fraction of sp³-hybridized carbons (Fsp3) is 0.294. The van der Waals surface area contributed by atoms with E-state index in [1.54, 1.807) is 36.4 Å². The van der Waals surface area contributed by atoms with Crippen LogP contribution in [0.2, 0.25) is 0 Å². The molecule has 0 aliphatic carbocycles. The molecule has 1 atom stereocenters. The fourth-order valence-corrected chi connectivity index (χ4v) is 3.41. The maximum absolute atomic E-state index is 12.1. The van der Waals surface area contributed by atoms with Crippen LogP contribution >= 0.6 is 0 Å². The van der Waals surface area contributed by atoms with Gasteiger partial charge >= 0.3 is 0 Å². The predicted molar refractivity (Wildman–Crippen MR) is 85.8 cm³/mol. The van der Waals surface area contributed by atoms with Crippen molar-refractivity contribution in [2.45, 2.75) is 24.3 Å². The first-order valence-electron chi connectivity index (χ1n) is 7.13. The third kappa shape index (κ3) is 4.86. The molecule has 0 aliphatic heterocycles. The second kappa shape index (κ2) is 7.42. The molecule has 0 spiro atoms. The van der Waals surface area contributed by atoms with Crippen LogP contribution in [0.1, 0.15) is 12.0 Å². The van der Waals surface area contributed by atoms with Crippen molar-refractivity contribution in [1.29, 1.82) is 0 Å². The van der Waals surface area contributed by atoms with Gasteiger partial charge in [-0.1, -0.05) is 30.3 Å². The third-order valence-corrected chi connectivity index (χ3v) is 5.02. The maximum Gasteiger partial charge on any atom is 0.178 e. The fourth-order valence-electron chi connectivity index (χ4n) is 2.02. The van der Waals surface area contributed by atoms with Crippen LogP contribution in [0, 0.1) is 6.92 Å². The minimum atomic E-state index is -3.36. The summed E-state index contributed by atoms with van der Waals surface area (Å²) in [5.41, 5.74) is 1.07. The van der Waals surface area contributed by atoms with Gasteiger partial charge in [0.05, 0.1) is 16.8 Å². The molecule has 0 fully saturated rings. The first-order chi connectivity index (χ1) is 10.5. The molecule has 0 saturated carbocycles. The van der Waals surface area contributed by atoms with Crippen molar-refractivity contribution in [2.75, 3.05) is 12.4 Å².